The number of nitrogens with one attached hydrogen (secondary N) is 3. The number of esters is 2. The van der Waals surface area contributed by atoms with Crippen LogP contribution in [0.2, 0.25) is 0 Å². The first-order valence-corrected chi connectivity index (χ1v) is 13.3. The van der Waals surface area contributed by atoms with Crippen molar-refractivity contribution in [3.63, 3.8) is 0 Å². The van der Waals surface area contributed by atoms with Crippen LogP contribution in [-0.4, -0.2) is 52.9 Å². The van der Waals surface area contributed by atoms with Crippen molar-refractivity contribution in [3.05, 3.63) is 125 Å². The number of carbonyl (C=O) groups is 6. The third-order valence-electron chi connectivity index (χ3n) is 6.20. The number of carboxylic acids is 1. The maximum atomic E-state index is 13.2. The lowest BCUT2D eigenvalue weighted by Gasteiger charge is -2.23. The van der Waals surface area contributed by atoms with E-state index in [0.29, 0.717) is 16.8 Å². The molecule has 0 aliphatic heterocycles. The fourth-order valence-electron chi connectivity index (χ4n) is 3.97. The van der Waals surface area contributed by atoms with Gasteiger partial charge >= 0.3 is 17.9 Å². The molecule has 0 aliphatic carbocycles. The largest absolute Gasteiger partial charge is 0.478 e. The smallest absolute Gasteiger partial charge is 0.349 e. The molecule has 0 unspecified atom stereocenters. The Labute approximate surface area is 256 Å². The molecule has 13 nitrogen and oxygen atoms in total. The summed E-state index contributed by atoms with van der Waals surface area (Å²) in [5.74, 6) is -6.50. The molecule has 3 amide bonds. The highest BCUT2D eigenvalue weighted by atomic mass is 16.6. The Morgan fingerprint density at radius 3 is 1.76 bits per heavy atom. The number of hydrogen-bond acceptors (Lipinski definition) is 9. The highest BCUT2D eigenvalue weighted by Gasteiger charge is 2.41. The third kappa shape index (κ3) is 8.41. The number of anilines is 1. The van der Waals surface area contributed by atoms with Gasteiger partial charge < -0.3 is 24.3 Å². The molecule has 13 heteroatoms. The Kier molecular flexibility index (Phi) is 10.1. The molecule has 3 aromatic carbocycles. The molecule has 4 aromatic rings. The van der Waals surface area contributed by atoms with E-state index in [9.17, 15) is 33.9 Å². The van der Waals surface area contributed by atoms with E-state index >= 15 is 0 Å². The number of rotatable bonds is 10. The molecule has 4 N–H and O–H groups in total. The van der Waals surface area contributed by atoms with Gasteiger partial charge in [0.1, 0.15) is 0 Å². The maximum Gasteiger partial charge on any atom is 0.349 e. The third-order valence-corrected chi connectivity index (χ3v) is 6.20. The second-order valence-electron chi connectivity index (χ2n) is 9.68. The fourth-order valence-corrected chi connectivity index (χ4v) is 3.97. The number of hydrogen-bond donors (Lipinski definition) is 4. The van der Waals surface area contributed by atoms with Crippen LogP contribution >= 0.6 is 0 Å². The van der Waals surface area contributed by atoms with Crippen LogP contribution in [-0.2, 0) is 19.1 Å². The van der Waals surface area contributed by atoms with Crippen molar-refractivity contribution in [2.24, 2.45) is 0 Å². The number of aliphatic carboxylic acids is 1. The van der Waals surface area contributed by atoms with Crippen LogP contribution in [0.5, 0.6) is 0 Å². The minimum Gasteiger partial charge on any atom is -0.478 e. The predicted octanol–water partition coefficient (Wildman–Crippen LogP) is 3.45. The lowest BCUT2D eigenvalue weighted by atomic mass is 10.1. The van der Waals surface area contributed by atoms with Crippen LogP contribution in [0, 0.1) is 13.8 Å². The number of hydrazine groups is 1. The van der Waals surface area contributed by atoms with Crippen molar-refractivity contribution >= 4 is 41.3 Å². The summed E-state index contributed by atoms with van der Waals surface area (Å²) in [6, 6.07) is 20.8. The molecular weight excluding hydrogens is 586 g/mol. The van der Waals surface area contributed by atoms with E-state index in [1.807, 2.05) is 5.43 Å². The number of benzene rings is 3. The highest BCUT2D eigenvalue weighted by molar-refractivity contribution is 6.03. The number of amides is 3. The van der Waals surface area contributed by atoms with Crippen molar-refractivity contribution in [1.82, 2.24) is 10.9 Å². The first-order valence-electron chi connectivity index (χ1n) is 13.3. The second-order valence-corrected chi connectivity index (χ2v) is 9.68. The van der Waals surface area contributed by atoms with Gasteiger partial charge in [0, 0.05) is 11.3 Å². The molecule has 0 spiro atoms. The number of carboxylic acid groups (broad SMARTS) is 1. The summed E-state index contributed by atoms with van der Waals surface area (Å²) in [6.45, 7) is 3.41. The van der Waals surface area contributed by atoms with Crippen LogP contribution in [0.4, 0.5) is 5.69 Å². The van der Waals surface area contributed by atoms with E-state index in [1.54, 1.807) is 44.2 Å². The molecule has 0 bridgehead atoms. The Balaban J connectivity index is 1.49. The maximum absolute atomic E-state index is 13.2. The summed E-state index contributed by atoms with van der Waals surface area (Å²) in [7, 11) is 0. The lowest BCUT2D eigenvalue weighted by Crippen LogP contribution is -2.54. The van der Waals surface area contributed by atoms with Crippen LogP contribution in [0.1, 0.15) is 52.8 Å². The van der Waals surface area contributed by atoms with Gasteiger partial charge in [0.05, 0.1) is 17.4 Å². The zero-order chi connectivity index (χ0) is 32.5. The molecule has 0 radical (unpaired) electrons. The van der Waals surface area contributed by atoms with Crippen molar-refractivity contribution in [2.45, 2.75) is 26.1 Å². The fraction of sp³-hybridized carbons (Fsp3) is 0.125. The van der Waals surface area contributed by atoms with E-state index in [0.717, 1.165) is 0 Å². The number of carbonyl (C=O) groups excluding carboxylic acids is 5. The quantitative estimate of drug-likeness (QED) is 0.152. The molecule has 2 atom stereocenters. The van der Waals surface area contributed by atoms with E-state index in [4.69, 9.17) is 13.9 Å². The Bertz CT molecular complexity index is 1730. The van der Waals surface area contributed by atoms with Crippen LogP contribution in [0.15, 0.2) is 95.6 Å². The van der Waals surface area contributed by atoms with E-state index in [2.05, 4.69) is 10.7 Å². The van der Waals surface area contributed by atoms with Gasteiger partial charge in [-0.2, -0.15) is 0 Å². The SMILES string of the molecule is Cc1cccc(C(=O)O[C@H](C(=O)NNC(=O)c2ccc(NC(=O)c3ccco3)cc2)[C@@H](OC(=O)c2cccc(C)c2)C(=O)O)c1. The lowest BCUT2D eigenvalue weighted by molar-refractivity contribution is -0.159. The van der Waals surface area contributed by atoms with Gasteiger partial charge in [-0.25, -0.2) is 14.4 Å². The first kappa shape index (κ1) is 31.7. The zero-order valence-electron chi connectivity index (χ0n) is 23.9. The molecule has 1 aromatic heterocycles. The number of ether oxygens (including phenoxy) is 2. The van der Waals surface area contributed by atoms with E-state index < -0.39 is 47.8 Å². The zero-order valence-corrected chi connectivity index (χ0v) is 23.9. The monoisotopic (exact) mass is 613 g/mol. The molecule has 0 saturated carbocycles. The molecule has 45 heavy (non-hydrogen) atoms. The predicted molar refractivity (Wildman–Crippen MR) is 157 cm³/mol. The molecule has 0 saturated heterocycles. The highest BCUT2D eigenvalue weighted by Crippen LogP contribution is 2.16. The molecule has 4 rings (SSSR count). The van der Waals surface area contributed by atoms with Crippen molar-refractivity contribution in [1.29, 1.82) is 0 Å². The Morgan fingerprint density at radius 2 is 1.24 bits per heavy atom. The second kappa shape index (κ2) is 14.3. The minimum atomic E-state index is -2.29. The molecule has 0 fully saturated rings. The normalized spacial score (nSPS) is 11.8. The topological polar surface area (TPSA) is 190 Å². The van der Waals surface area contributed by atoms with Gasteiger partial charge in [-0.1, -0.05) is 35.4 Å². The van der Waals surface area contributed by atoms with Crippen molar-refractivity contribution in [2.75, 3.05) is 5.32 Å². The summed E-state index contributed by atoms with van der Waals surface area (Å²) >= 11 is 0. The molecule has 1 heterocycles. The van der Waals surface area contributed by atoms with Crippen LogP contribution in [0.3, 0.4) is 0 Å². The number of furan rings is 1. The van der Waals surface area contributed by atoms with E-state index in [1.165, 1.54) is 60.9 Å². The van der Waals surface area contributed by atoms with Gasteiger partial charge in [0.15, 0.2) is 5.76 Å². The first-order chi connectivity index (χ1) is 21.5. The minimum absolute atomic E-state index is 0.00233. The van der Waals surface area contributed by atoms with Crippen molar-refractivity contribution < 1.29 is 47.8 Å². The Morgan fingerprint density at radius 1 is 0.667 bits per heavy atom. The summed E-state index contributed by atoms with van der Waals surface area (Å²) < 4.78 is 15.4. The van der Waals surface area contributed by atoms with Crippen molar-refractivity contribution in [3.8, 4) is 0 Å². The van der Waals surface area contributed by atoms with Crippen LogP contribution in [0.25, 0.3) is 0 Å². The standard InChI is InChI=1S/C32H27N3O10/c1-18-6-3-8-21(16-18)31(41)44-25(26(30(39)40)45-32(42)22-9-4-7-19(2)17-22)29(38)35-34-27(36)20-11-13-23(14-12-20)33-28(37)24-10-5-15-43-24/h3-17,25-26H,1-2H3,(H,33,37)(H,34,36)(H,35,38)(H,39,40)/t25-,26+/m0/s1. The number of aryl methyl sites for hydroxylation is 2. The van der Waals surface area contributed by atoms with E-state index in [-0.39, 0.29) is 22.5 Å². The summed E-state index contributed by atoms with van der Waals surface area (Å²) in [5, 5.41) is 12.5. The van der Waals surface area contributed by atoms with Gasteiger partial charge in [-0.15, -0.1) is 0 Å². The molecule has 230 valence electrons. The van der Waals surface area contributed by atoms with Gasteiger partial charge in [-0.05, 0) is 74.5 Å². The van der Waals surface area contributed by atoms with Gasteiger partial charge in [-0.3, -0.25) is 25.2 Å². The Hall–Kier alpha value is -6.24. The van der Waals surface area contributed by atoms with Gasteiger partial charge in [0.25, 0.3) is 17.7 Å². The average Bonchev–Trinajstić information content (AvgIpc) is 3.57. The summed E-state index contributed by atoms with van der Waals surface area (Å²) in [4.78, 5) is 76.0. The van der Waals surface area contributed by atoms with Gasteiger partial charge in [0.2, 0.25) is 12.2 Å². The average molecular weight is 614 g/mol. The summed E-state index contributed by atoms with van der Waals surface area (Å²) in [6.07, 6.45) is -3.16. The molecule has 0 aliphatic rings. The summed E-state index contributed by atoms with van der Waals surface area (Å²) in [5.41, 5.74) is 5.89. The molecular formula is C32H27N3O10. The van der Waals surface area contributed by atoms with Crippen LogP contribution < -0.4 is 16.2 Å².